The summed E-state index contributed by atoms with van der Waals surface area (Å²) in [5.41, 5.74) is 13.6. The van der Waals surface area contributed by atoms with Crippen LogP contribution in [0.1, 0.15) is 131 Å². The van der Waals surface area contributed by atoms with Gasteiger partial charge in [0.1, 0.15) is 87.3 Å². The summed E-state index contributed by atoms with van der Waals surface area (Å²) in [6.07, 6.45) is 4.30. The highest BCUT2D eigenvalue weighted by Gasteiger charge is 2.69. The van der Waals surface area contributed by atoms with Crippen LogP contribution in [-0.2, 0) is 16.2 Å². The summed E-state index contributed by atoms with van der Waals surface area (Å²) in [5.74, 6) is -4.95. The second kappa shape index (κ2) is 29.2. The van der Waals surface area contributed by atoms with Gasteiger partial charge in [-0.05, 0) is 190 Å². The lowest BCUT2D eigenvalue weighted by Gasteiger charge is -2.21. The van der Waals surface area contributed by atoms with Gasteiger partial charge < -0.3 is 61.3 Å². The predicted octanol–water partition coefficient (Wildman–Crippen LogP) is 20.7. The van der Waals surface area contributed by atoms with E-state index in [1.807, 2.05) is 44.4 Å². The lowest BCUT2D eigenvalue weighted by atomic mass is 9.93. The Hall–Kier alpha value is -9.57. The standard InChI is InChI=1S/C15H13BrF2N2.C15H14ClFN2.C15H14F2N2.C14H13BrF2N2.C14H13ClF2N2.C14H12F4N2/c1-7-14-9-5-15(9,6-20(14)8(2)19-7)12-11(17)4-3-10(16)13(12)18;1-8-14-12-6-15(12,7-19(14)9(2)18-8)11-5-10(16)3-4-13(11)17;1-8-14-13-6-15(13,7-19(14)9(2)18-8)10-3-11(16)5-12(17)4-10;2*1-7-12-5-9(6-19(12)8(2)18-7)13-11(16)4-3-10(15)14(13)17;1-6-11-3-8(5-20(11)7(2)19-6)12-13(17)9(15)4-10(16)14(12)18/h3-4,9,19H,2,5-6H2,1H3;3-5,12,18H,2,6-7H2,1H3;3-5,13,18H,2,6-7H2,1H3;2*3-4,9,18H,2,5-6H2,1H3;4,8,19H,2-3,5H2,1H3/t9-,15-;12-,15+;13-,15+;2*9-;8-/m000110/s1. The smallest absolute Gasteiger partial charge is 0.165 e. The van der Waals surface area contributed by atoms with Crippen molar-refractivity contribution in [1.82, 2.24) is 61.3 Å². The molecular formula is C87H79Br2Cl2F13N12. The first-order valence-corrected chi connectivity index (χ1v) is 40.0. The SMILES string of the molecule is C=C1NC(C)=C2C[C@@H](c3c(F)ccc(Br)c3F)CN12.C=C1NC(C)=C2C[C@@H](c3c(F)ccc(Cl)c3F)CN12.C=C1NC(C)=C2C[C@H](c3c(F)c(F)cc(F)c3F)CN12.C=C1NC(C)=C2[C@@H]3C[C@]3(c3c(F)ccc(Br)c3F)CN12.C=C1NC(C)=C2[C@@H]3C[C@]3(c3cc(Cl)ccc3F)CN12.C=C1NC(C)=C2[C@@H]3C[C@]3(c3cc(F)cc(F)c3)CN12. The van der Waals surface area contributed by atoms with Crippen LogP contribution in [0, 0.1) is 93.4 Å². The van der Waals surface area contributed by atoms with Crippen molar-refractivity contribution in [2.75, 3.05) is 39.3 Å². The summed E-state index contributed by atoms with van der Waals surface area (Å²) in [6.45, 7) is 38.9. The number of piperidine rings is 3. The molecule has 15 aliphatic rings. The Morgan fingerprint density at radius 1 is 0.362 bits per heavy atom. The van der Waals surface area contributed by atoms with E-state index in [1.165, 1.54) is 66.0 Å². The quantitative estimate of drug-likeness (QED) is 0.0709. The Kier molecular flexibility index (Phi) is 20.2. The van der Waals surface area contributed by atoms with Gasteiger partial charge in [-0.3, -0.25) is 0 Å². The second-order valence-electron chi connectivity index (χ2n) is 32.1. The minimum atomic E-state index is -1.37. The Labute approximate surface area is 689 Å². The topological polar surface area (TPSA) is 91.6 Å². The molecule has 12 nitrogen and oxygen atoms in total. The molecule has 21 rings (SSSR count). The molecule has 606 valence electrons. The van der Waals surface area contributed by atoms with Crippen molar-refractivity contribution in [3.63, 3.8) is 0 Å². The number of hydrogen-bond donors (Lipinski definition) is 6. The van der Waals surface area contributed by atoms with Gasteiger partial charge in [-0.25, -0.2) is 57.1 Å². The molecule has 3 aliphatic carbocycles. The third kappa shape index (κ3) is 13.2. The molecular weight excluding hydrogens is 1690 g/mol. The van der Waals surface area contributed by atoms with Crippen LogP contribution in [0.5, 0.6) is 0 Å². The number of hydrogen-bond acceptors (Lipinski definition) is 12. The molecule has 9 atom stereocenters. The van der Waals surface area contributed by atoms with E-state index in [2.05, 4.69) is 125 Å². The fourth-order valence-electron chi connectivity index (χ4n) is 19.7. The van der Waals surface area contributed by atoms with Gasteiger partial charge in [-0.15, -0.1) is 0 Å². The first-order chi connectivity index (χ1) is 54.9. The Morgan fingerprint density at radius 2 is 0.724 bits per heavy atom. The highest BCUT2D eigenvalue weighted by atomic mass is 79.9. The number of halogens is 17. The first-order valence-electron chi connectivity index (χ1n) is 37.6. The number of rotatable bonds is 6. The molecule has 0 spiro atoms. The van der Waals surface area contributed by atoms with Crippen molar-refractivity contribution in [3.8, 4) is 0 Å². The van der Waals surface area contributed by atoms with Crippen molar-refractivity contribution in [2.24, 2.45) is 17.8 Å². The number of fused-ring (bicyclic) bond motifs is 12. The third-order valence-corrected chi connectivity index (χ3v) is 27.0. The van der Waals surface area contributed by atoms with Gasteiger partial charge in [0.15, 0.2) is 23.3 Å². The molecule has 116 heavy (non-hydrogen) atoms. The molecule has 6 saturated heterocycles. The van der Waals surface area contributed by atoms with Gasteiger partial charge in [0, 0.05) is 199 Å². The number of nitrogens with zero attached hydrogens (tertiary/aromatic N) is 6. The minimum Gasteiger partial charge on any atom is -0.344 e. The average Bonchev–Trinajstić information content (AvgIpc) is 1.51. The molecule has 0 radical (unpaired) electrons. The summed E-state index contributed by atoms with van der Waals surface area (Å²) >= 11 is 18.0. The molecule has 6 N–H and O–H groups in total. The molecule has 12 aliphatic heterocycles. The molecule has 12 heterocycles. The first kappa shape index (κ1) is 80.2. The van der Waals surface area contributed by atoms with E-state index in [0.29, 0.717) is 70.5 Å². The van der Waals surface area contributed by atoms with E-state index in [0.717, 1.165) is 136 Å². The van der Waals surface area contributed by atoms with E-state index in [-0.39, 0.29) is 68.7 Å². The van der Waals surface area contributed by atoms with Gasteiger partial charge in [0.2, 0.25) is 0 Å². The van der Waals surface area contributed by atoms with Crippen molar-refractivity contribution < 1.29 is 57.1 Å². The summed E-state index contributed by atoms with van der Waals surface area (Å²) in [6, 6.07) is 16.9. The van der Waals surface area contributed by atoms with Crippen LogP contribution in [0.3, 0.4) is 0 Å². The zero-order valence-corrected chi connectivity index (χ0v) is 68.5. The molecule has 0 bridgehead atoms. The maximum absolute atomic E-state index is 14.4. The average molecular weight is 1770 g/mol. The number of benzene rings is 6. The molecule has 29 heteroatoms. The van der Waals surface area contributed by atoms with Gasteiger partial charge >= 0.3 is 0 Å². The minimum absolute atomic E-state index is 0.0360. The molecule has 0 aromatic heterocycles. The van der Waals surface area contributed by atoms with Gasteiger partial charge in [0.25, 0.3) is 0 Å². The summed E-state index contributed by atoms with van der Waals surface area (Å²) in [5, 5.41) is 19.6. The lowest BCUT2D eigenvalue weighted by Crippen LogP contribution is -2.26. The molecule has 6 aromatic carbocycles. The van der Waals surface area contributed by atoms with Gasteiger partial charge in [-0.2, -0.15) is 0 Å². The van der Waals surface area contributed by atoms with Crippen LogP contribution in [0.4, 0.5) is 57.1 Å². The van der Waals surface area contributed by atoms with Crippen LogP contribution in [0.15, 0.2) is 231 Å². The molecule has 0 amide bonds. The monoisotopic (exact) mass is 1770 g/mol. The van der Waals surface area contributed by atoms with Crippen molar-refractivity contribution >= 4 is 55.1 Å². The van der Waals surface area contributed by atoms with E-state index in [1.54, 1.807) is 17.0 Å². The van der Waals surface area contributed by atoms with Crippen molar-refractivity contribution in [3.05, 3.63) is 350 Å². The Morgan fingerprint density at radius 3 is 1.19 bits per heavy atom. The van der Waals surface area contributed by atoms with Gasteiger partial charge in [-0.1, -0.05) is 62.7 Å². The fourth-order valence-corrected chi connectivity index (χ4v) is 20.7. The molecule has 9 fully saturated rings. The van der Waals surface area contributed by atoms with Gasteiger partial charge in [0.05, 0.1) is 14.0 Å². The van der Waals surface area contributed by atoms with Crippen LogP contribution in [0.25, 0.3) is 0 Å². The maximum Gasteiger partial charge on any atom is 0.165 e. The van der Waals surface area contributed by atoms with Crippen molar-refractivity contribution in [2.45, 2.75) is 114 Å². The maximum atomic E-state index is 14.4. The van der Waals surface area contributed by atoms with E-state index in [9.17, 15) is 57.1 Å². The lowest BCUT2D eigenvalue weighted by molar-refractivity contribution is 0.416. The summed E-state index contributed by atoms with van der Waals surface area (Å²) < 4.78 is 180. The van der Waals surface area contributed by atoms with Crippen LogP contribution in [-0.4, -0.2) is 68.7 Å². The van der Waals surface area contributed by atoms with Crippen LogP contribution >= 0.6 is 55.1 Å². The van der Waals surface area contributed by atoms with Crippen LogP contribution in [0.2, 0.25) is 10.0 Å². The summed E-state index contributed by atoms with van der Waals surface area (Å²) in [7, 11) is 0. The molecule has 0 unspecified atom stereocenters. The van der Waals surface area contributed by atoms with Crippen LogP contribution < -0.4 is 31.9 Å². The predicted molar refractivity (Wildman–Crippen MR) is 425 cm³/mol. The molecule has 3 saturated carbocycles. The summed E-state index contributed by atoms with van der Waals surface area (Å²) in [4.78, 5) is 12.1. The Balaban J connectivity index is 0.000000104. The largest absolute Gasteiger partial charge is 0.344 e. The number of allylic oxidation sites excluding steroid dienone is 12. The zero-order chi connectivity index (χ0) is 83.0. The van der Waals surface area contributed by atoms with E-state index < -0.39 is 86.7 Å². The number of nitrogens with one attached hydrogen (secondary N) is 6. The fraction of sp³-hybridized carbons (Fsp3) is 0.310. The van der Waals surface area contributed by atoms with Crippen molar-refractivity contribution in [1.29, 1.82) is 0 Å². The van der Waals surface area contributed by atoms with E-state index in [4.69, 9.17) is 23.2 Å². The third-order valence-electron chi connectivity index (χ3n) is 25.3. The normalized spacial score (nSPS) is 26.5. The zero-order valence-electron chi connectivity index (χ0n) is 63.8. The highest BCUT2D eigenvalue weighted by molar-refractivity contribution is 9.10. The second-order valence-corrected chi connectivity index (χ2v) is 34.7. The van der Waals surface area contributed by atoms with E-state index >= 15 is 0 Å². The highest BCUT2D eigenvalue weighted by Crippen LogP contribution is 2.69. The Bertz CT molecular complexity index is 5470. The molecule has 6 aromatic rings.